The molecule has 2 rings (SSSR count). The average Bonchev–Trinajstić information content (AvgIpc) is 2.34. The van der Waals surface area contributed by atoms with Gasteiger partial charge in [-0.25, -0.2) is 4.39 Å². The Kier molecular flexibility index (Phi) is 4.32. The summed E-state index contributed by atoms with van der Waals surface area (Å²) in [6.45, 7) is 6.96. The molecule has 4 heteroatoms. The first-order chi connectivity index (χ1) is 8.63. The molecule has 0 aromatic heterocycles. The average molecular weight is 252 g/mol. The summed E-state index contributed by atoms with van der Waals surface area (Å²) in [6.07, 6.45) is 0. The molecule has 1 aromatic rings. The van der Waals surface area contributed by atoms with Gasteiger partial charge in [0.25, 0.3) is 0 Å². The Labute approximate surface area is 108 Å². The van der Waals surface area contributed by atoms with Crippen LogP contribution in [0.5, 0.6) is 0 Å². The van der Waals surface area contributed by atoms with E-state index in [1.54, 1.807) is 6.07 Å². The molecule has 0 saturated carbocycles. The van der Waals surface area contributed by atoms with Gasteiger partial charge in [0.1, 0.15) is 5.82 Å². The lowest BCUT2D eigenvalue weighted by atomic mass is 9.98. The summed E-state index contributed by atoms with van der Waals surface area (Å²) in [5.74, 6) is -0.193. The Hall–Kier alpha value is -0.970. The van der Waals surface area contributed by atoms with Crippen molar-refractivity contribution in [3.05, 3.63) is 35.1 Å². The third kappa shape index (κ3) is 2.71. The van der Waals surface area contributed by atoms with E-state index in [4.69, 9.17) is 10.5 Å². The SMILES string of the molecule is Cc1cc(F)ccc1C(CN)N1CCOCC1C. The van der Waals surface area contributed by atoms with Crippen LogP contribution < -0.4 is 5.73 Å². The highest BCUT2D eigenvalue weighted by atomic mass is 19.1. The summed E-state index contributed by atoms with van der Waals surface area (Å²) >= 11 is 0. The van der Waals surface area contributed by atoms with Crippen molar-refractivity contribution in [1.29, 1.82) is 0 Å². The van der Waals surface area contributed by atoms with Crippen LogP contribution in [0.4, 0.5) is 4.39 Å². The molecule has 3 nitrogen and oxygen atoms in total. The minimum Gasteiger partial charge on any atom is -0.379 e. The van der Waals surface area contributed by atoms with Gasteiger partial charge in [-0.05, 0) is 37.1 Å². The Morgan fingerprint density at radius 2 is 2.33 bits per heavy atom. The maximum Gasteiger partial charge on any atom is 0.123 e. The van der Waals surface area contributed by atoms with Gasteiger partial charge in [-0.3, -0.25) is 4.90 Å². The second-order valence-corrected chi connectivity index (χ2v) is 4.91. The summed E-state index contributed by atoms with van der Waals surface area (Å²) < 4.78 is 18.6. The molecule has 18 heavy (non-hydrogen) atoms. The van der Waals surface area contributed by atoms with Gasteiger partial charge in [0.05, 0.1) is 13.2 Å². The zero-order valence-electron chi connectivity index (χ0n) is 11.0. The number of rotatable bonds is 3. The Balaban J connectivity index is 2.26. The highest BCUT2D eigenvalue weighted by molar-refractivity contribution is 5.30. The minimum atomic E-state index is -0.193. The van der Waals surface area contributed by atoms with E-state index in [0.717, 1.165) is 30.9 Å². The molecular formula is C14H21FN2O. The predicted octanol–water partition coefficient (Wildman–Crippen LogP) is 1.85. The van der Waals surface area contributed by atoms with Crippen LogP contribution in [0.1, 0.15) is 24.1 Å². The third-order valence-corrected chi connectivity index (χ3v) is 3.63. The Morgan fingerprint density at radius 1 is 1.56 bits per heavy atom. The molecule has 0 aliphatic carbocycles. The van der Waals surface area contributed by atoms with Crippen LogP contribution in [0.25, 0.3) is 0 Å². The Bertz CT molecular complexity index is 411. The zero-order valence-corrected chi connectivity index (χ0v) is 11.0. The van der Waals surface area contributed by atoms with Gasteiger partial charge in [-0.2, -0.15) is 0 Å². The van der Waals surface area contributed by atoms with Crippen LogP contribution in [0.15, 0.2) is 18.2 Å². The molecule has 0 radical (unpaired) electrons. The first kappa shape index (κ1) is 13.5. The second kappa shape index (κ2) is 5.78. The van der Waals surface area contributed by atoms with Gasteiger partial charge in [0, 0.05) is 25.2 Å². The summed E-state index contributed by atoms with van der Waals surface area (Å²) in [4.78, 5) is 2.35. The number of halogens is 1. The first-order valence-electron chi connectivity index (χ1n) is 6.43. The van der Waals surface area contributed by atoms with E-state index in [9.17, 15) is 4.39 Å². The fourth-order valence-corrected chi connectivity index (χ4v) is 2.66. The van der Waals surface area contributed by atoms with E-state index in [1.165, 1.54) is 6.07 Å². The predicted molar refractivity (Wildman–Crippen MR) is 69.9 cm³/mol. The lowest BCUT2D eigenvalue weighted by molar-refractivity contribution is -0.0210. The summed E-state index contributed by atoms with van der Waals surface area (Å²) in [6, 6.07) is 5.42. The monoisotopic (exact) mass is 252 g/mol. The van der Waals surface area contributed by atoms with Crippen molar-refractivity contribution in [2.24, 2.45) is 5.73 Å². The maximum atomic E-state index is 13.2. The molecule has 0 spiro atoms. The summed E-state index contributed by atoms with van der Waals surface area (Å²) in [7, 11) is 0. The second-order valence-electron chi connectivity index (χ2n) is 4.91. The summed E-state index contributed by atoms with van der Waals surface area (Å²) in [5, 5.41) is 0. The number of hydrogen-bond donors (Lipinski definition) is 1. The van der Waals surface area contributed by atoms with Crippen LogP contribution in [-0.4, -0.2) is 37.2 Å². The molecule has 1 aliphatic rings. The number of nitrogens with zero attached hydrogens (tertiary/aromatic N) is 1. The molecule has 1 heterocycles. The van der Waals surface area contributed by atoms with E-state index in [2.05, 4.69) is 11.8 Å². The van der Waals surface area contributed by atoms with Gasteiger partial charge < -0.3 is 10.5 Å². The van der Waals surface area contributed by atoms with Gasteiger partial charge in [-0.15, -0.1) is 0 Å². The number of hydrogen-bond acceptors (Lipinski definition) is 3. The normalized spacial score (nSPS) is 23.0. The molecule has 2 N–H and O–H groups in total. The van der Waals surface area contributed by atoms with Gasteiger partial charge >= 0.3 is 0 Å². The van der Waals surface area contributed by atoms with E-state index >= 15 is 0 Å². The largest absolute Gasteiger partial charge is 0.379 e. The molecular weight excluding hydrogens is 231 g/mol. The number of ether oxygens (including phenoxy) is 1. The molecule has 1 aromatic carbocycles. The molecule has 1 aliphatic heterocycles. The highest BCUT2D eigenvalue weighted by Gasteiger charge is 2.27. The molecule has 2 atom stereocenters. The van der Waals surface area contributed by atoms with E-state index in [1.807, 2.05) is 13.0 Å². The van der Waals surface area contributed by atoms with Gasteiger partial charge in [0.2, 0.25) is 0 Å². The first-order valence-corrected chi connectivity index (χ1v) is 6.43. The molecule has 0 bridgehead atoms. The standard InChI is InChI=1S/C14H21FN2O/c1-10-7-12(15)3-4-13(10)14(8-16)17-5-6-18-9-11(17)2/h3-4,7,11,14H,5-6,8-9,16H2,1-2H3. The zero-order chi connectivity index (χ0) is 13.1. The van der Waals surface area contributed by atoms with Crippen LogP contribution in [-0.2, 0) is 4.74 Å². The maximum absolute atomic E-state index is 13.2. The molecule has 0 amide bonds. The van der Waals surface area contributed by atoms with Crippen molar-refractivity contribution in [3.8, 4) is 0 Å². The van der Waals surface area contributed by atoms with Crippen molar-refractivity contribution in [2.75, 3.05) is 26.3 Å². The molecule has 2 unspecified atom stereocenters. The fraction of sp³-hybridized carbons (Fsp3) is 0.571. The third-order valence-electron chi connectivity index (χ3n) is 3.63. The summed E-state index contributed by atoms with van der Waals surface area (Å²) in [5.41, 5.74) is 8.01. The fourth-order valence-electron chi connectivity index (χ4n) is 2.66. The van der Waals surface area contributed by atoms with Crippen molar-refractivity contribution >= 4 is 0 Å². The number of morpholine rings is 1. The van der Waals surface area contributed by atoms with Crippen molar-refractivity contribution < 1.29 is 9.13 Å². The lowest BCUT2D eigenvalue weighted by Gasteiger charge is -2.39. The van der Waals surface area contributed by atoms with Crippen LogP contribution in [0.2, 0.25) is 0 Å². The highest BCUT2D eigenvalue weighted by Crippen LogP contribution is 2.26. The topological polar surface area (TPSA) is 38.5 Å². The van der Waals surface area contributed by atoms with Crippen LogP contribution in [0, 0.1) is 12.7 Å². The Morgan fingerprint density at radius 3 is 2.94 bits per heavy atom. The van der Waals surface area contributed by atoms with E-state index < -0.39 is 0 Å². The smallest absolute Gasteiger partial charge is 0.123 e. The van der Waals surface area contributed by atoms with Crippen molar-refractivity contribution in [3.63, 3.8) is 0 Å². The van der Waals surface area contributed by atoms with Crippen molar-refractivity contribution in [2.45, 2.75) is 25.9 Å². The van der Waals surface area contributed by atoms with Crippen molar-refractivity contribution in [1.82, 2.24) is 4.90 Å². The van der Waals surface area contributed by atoms with E-state index in [-0.39, 0.29) is 11.9 Å². The number of aryl methyl sites for hydroxylation is 1. The number of benzene rings is 1. The molecule has 1 saturated heterocycles. The minimum absolute atomic E-state index is 0.143. The molecule has 1 fully saturated rings. The molecule has 100 valence electrons. The van der Waals surface area contributed by atoms with Gasteiger partial charge in [-0.1, -0.05) is 6.07 Å². The lowest BCUT2D eigenvalue weighted by Crippen LogP contribution is -2.47. The quantitative estimate of drug-likeness (QED) is 0.892. The van der Waals surface area contributed by atoms with Gasteiger partial charge in [0.15, 0.2) is 0 Å². The van der Waals surface area contributed by atoms with Crippen LogP contribution >= 0.6 is 0 Å². The van der Waals surface area contributed by atoms with Crippen LogP contribution in [0.3, 0.4) is 0 Å². The number of nitrogens with two attached hydrogens (primary N) is 1. The van der Waals surface area contributed by atoms with E-state index in [0.29, 0.717) is 12.6 Å².